The van der Waals surface area contributed by atoms with Gasteiger partial charge in [0.1, 0.15) is 0 Å². The molecule has 2 atom stereocenters. The van der Waals surface area contributed by atoms with E-state index in [0.29, 0.717) is 5.38 Å². The van der Waals surface area contributed by atoms with E-state index in [1.165, 1.54) is 38.5 Å². The topological polar surface area (TPSA) is 0 Å². The molecule has 2 unspecified atom stereocenters. The van der Waals surface area contributed by atoms with Gasteiger partial charge in [0.25, 0.3) is 0 Å². The Morgan fingerprint density at radius 3 is 2.25 bits per heavy atom. The van der Waals surface area contributed by atoms with Gasteiger partial charge in [0.15, 0.2) is 0 Å². The molecule has 0 amide bonds. The van der Waals surface area contributed by atoms with Crippen LogP contribution in [-0.2, 0) is 0 Å². The van der Waals surface area contributed by atoms with Crippen LogP contribution in [0.2, 0.25) is 0 Å². The quantitative estimate of drug-likeness (QED) is 0.515. The van der Waals surface area contributed by atoms with E-state index < -0.39 is 0 Å². The number of alkyl halides is 1. The SMILES string of the molecule is CCCCC(C)CC(Cl)CCC. The average Bonchev–Trinajstić information content (AvgIpc) is 2.01. The number of unbranched alkanes of at least 4 members (excludes halogenated alkanes) is 1. The molecule has 0 aromatic carbocycles. The Balaban J connectivity index is 3.33. The Morgan fingerprint density at radius 2 is 1.75 bits per heavy atom. The molecule has 0 aliphatic carbocycles. The average molecular weight is 191 g/mol. The molecule has 0 aliphatic heterocycles. The predicted octanol–water partition coefficient (Wildman–Crippen LogP) is 4.61. The van der Waals surface area contributed by atoms with Crippen molar-refractivity contribution in [1.82, 2.24) is 0 Å². The van der Waals surface area contributed by atoms with Gasteiger partial charge in [0.2, 0.25) is 0 Å². The first kappa shape index (κ1) is 12.3. The van der Waals surface area contributed by atoms with Crippen LogP contribution in [0.15, 0.2) is 0 Å². The van der Waals surface area contributed by atoms with Gasteiger partial charge >= 0.3 is 0 Å². The summed E-state index contributed by atoms with van der Waals surface area (Å²) in [5.74, 6) is 0.819. The Kier molecular flexibility index (Phi) is 8.11. The van der Waals surface area contributed by atoms with Gasteiger partial charge in [-0.15, -0.1) is 11.6 Å². The van der Waals surface area contributed by atoms with Crippen molar-refractivity contribution < 1.29 is 0 Å². The summed E-state index contributed by atoms with van der Waals surface area (Å²) in [5.41, 5.74) is 0. The zero-order valence-corrected chi connectivity index (χ0v) is 9.53. The molecule has 12 heavy (non-hydrogen) atoms. The molecule has 0 aromatic rings. The molecule has 0 aliphatic rings. The minimum Gasteiger partial charge on any atom is -0.123 e. The molecule has 0 saturated heterocycles. The first-order valence-electron chi connectivity index (χ1n) is 5.34. The molecular formula is C11H23Cl. The van der Waals surface area contributed by atoms with Crippen LogP contribution in [0.3, 0.4) is 0 Å². The number of hydrogen-bond acceptors (Lipinski definition) is 0. The first-order chi connectivity index (χ1) is 5.70. The lowest BCUT2D eigenvalue weighted by atomic mass is 9.97. The lowest BCUT2D eigenvalue weighted by Gasteiger charge is -2.14. The third kappa shape index (κ3) is 6.97. The van der Waals surface area contributed by atoms with Crippen molar-refractivity contribution in [2.24, 2.45) is 5.92 Å². The highest BCUT2D eigenvalue weighted by molar-refractivity contribution is 6.20. The molecule has 0 heterocycles. The van der Waals surface area contributed by atoms with Crippen molar-refractivity contribution >= 4 is 11.6 Å². The highest BCUT2D eigenvalue weighted by Crippen LogP contribution is 2.19. The van der Waals surface area contributed by atoms with Gasteiger partial charge in [-0.2, -0.15) is 0 Å². The normalized spacial score (nSPS) is 16.0. The Labute approximate surface area is 82.7 Å². The predicted molar refractivity (Wildman–Crippen MR) is 57.9 cm³/mol. The van der Waals surface area contributed by atoms with E-state index in [9.17, 15) is 0 Å². The maximum absolute atomic E-state index is 6.15. The minimum absolute atomic E-state index is 0.418. The van der Waals surface area contributed by atoms with Gasteiger partial charge in [-0.1, -0.05) is 46.5 Å². The molecule has 0 spiro atoms. The van der Waals surface area contributed by atoms with Gasteiger partial charge in [0.05, 0.1) is 0 Å². The van der Waals surface area contributed by atoms with E-state index in [4.69, 9.17) is 11.6 Å². The van der Waals surface area contributed by atoms with Crippen LogP contribution in [0.1, 0.15) is 59.3 Å². The van der Waals surface area contributed by atoms with Crippen molar-refractivity contribution in [3.63, 3.8) is 0 Å². The standard InChI is InChI=1S/C11H23Cl/c1-4-6-8-10(3)9-11(12)7-5-2/h10-11H,4-9H2,1-3H3. The summed E-state index contributed by atoms with van der Waals surface area (Å²) < 4.78 is 0. The summed E-state index contributed by atoms with van der Waals surface area (Å²) in [6.07, 6.45) is 7.62. The Morgan fingerprint density at radius 1 is 1.08 bits per heavy atom. The maximum atomic E-state index is 6.15. The second kappa shape index (κ2) is 7.91. The fourth-order valence-corrected chi connectivity index (χ4v) is 2.06. The number of halogens is 1. The van der Waals surface area contributed by atoms with Crippen LogP contribution >= 0.6 is 11.6 Å². The smallest absolute Gasteiger partial charge is 0.0338 e. The largest absolute Gasteiger partial charge is 0.123 e. The fourth-order valence-electron chi connectivity index (χ4n) is 1.54. The van der Waals surface area contributed by atoms with Crippen LogP contribution < -0.4 is 0 Å². The van der Waals surface area contributed by atoms with Crippen molar-refractivity contribution in [1.29, 1.82) is 0 Å². The van der Waals surface area contributed by atoms with Crippen molar-refractivity contribution in [3.8, 4) is 0 Å². The highest BCUT2D eigenvalue weighted by atomic mass is 35.5. The van der Waals surface area contributed by atoms with Crippen molar-refractivity contribution in [3.05, 3.63) is 0 Å². The zero-order valence-electron chi connectivity index (χ0n) is 8.78. The summed E-state index contributed by atoms with van der Waals surface area (Å²) in [6.45, 7) is 6.77. The highest BCUT2D eigenvalue weighted by Gasteiger charge is 2.08. The third-order valence-electron chi connectivity index (χ3n) is 2.31. The molecule has 1 heteroatoms. The summed E-state index contributed by atoms with van der Waals surface area (Å²) >= 11 is 6.15. The molecule has 0 nitrogen and oxygen atoms in total. The molecular weight excluding hydrogens is 168 g/mol. The Bertz CT molecular complexity index is 91.0. The lowest BCUT2D eigenvalue weighted by molar-refractivity contribution is 0.452. The van der Waals surface area contributed by atoms with Crippen molar-refractivity contribution in [2.75, 3.05) is 0 Å². The van der Waals surface area contributed by atoms with Crippen LogP contribution in [0, 0.1) is 5.92 Å². The molecule has 0 aromatic heterocycles. The first-order valence-corrected chi connectivity index (χ1v) is 5.78. The van der Waals surface area contributed by atoms with Crippen LogP contribution in [0.5, 0.6) is 0 Å². The molecule has 0 rings (SSSR count). The number of rotatable bonds is 7. The molecule has 0 bridgehead atoms. The summed E-state index contributed by atoms with van der Waals surface area (Å²) in [4.78, 5) is 0. The van der Waals surface area contributed by atoms with Crippen LogP contribution in [0.4, 0.5) is 0 Å². The van der Waals surface area contributed by atoms with Gasteiger partial charge in [-0.3, -0.25) is 0 Å². The zero-order chi connectivity index (χ0) is 9.40. The molecule has 0 fully saturated rings. The monoisotopic (exact) mass is 190 g/mol. The molecule has 0 N–H and O–H groups in total. The third-order valence-corrected chi connectivity index (χ3v) is 2.71. The summed E-state index contributed by atoms with van der Waals surface area (Å²) in [7, 11) is 0. The van der Waals surface area contributed by atoms with E-state index in [-0.39, 0.29) is 0 Å². The Hall–Kier alpha value is 0.290. The van der Waals surface area contributed by atoms with Gasteiger partial charge in [-0.05, 0) is 18.8 Å². The maximum Gasteiger partial charge on any atom is 0.0338 e. The van der Waals surface area contributed by atoms with E-state index in [0.717, 1.165) is 5.92 Å². The van der Waals surface area contributed by atoms with E-state index in [1.807, 2.05) is 0 Å². The second-order valence-corrected chi connectivity index (χ2v) is 4.49. The van der Waals surface area contributed by atoms with E-state index in [1.54, 1.807) is 0 Å². The van der Waals surface area contributed by atoms with Gasteiger partial charge < -0.3 is 0 Å². The van der Waals surface area contributed by atoms with Gasteiger partial charge in [0, 0.05) is 5.38 Å². The lowest BCUT2D eigenvalue weighted by Crippen LogP contribution is -2.05. The van der Waals surface area contributed by atoms with Crippen molar-refractivity contribution in [2.45, 2.75) is 64.7 Å². The molecule has 74 valence electrons. The minimum atomic E-state index is 0.418. The fraction of sp³-hybridized carbons (Fsp3) is 1.00. The number of hydrogen-bond donors (Lipinski definition) is 0. The van der Waals surface area contributed by atoms with E-state index >= 15 is 0 Å². The molecule has 0 radical (unpaired) electrons. The summed E-state index contributed by atoms with van der Waals surface area (Å²) in [6, 6.07) is 0. The van der Waals surface area contributed by atoms with Gasteiger partial charge in [-0.25, -0.2) is 0 Å². The second-order valence-electron chi connectivity index (χ2n) is 3.87. The van der Waals surface area contributed by atoms with E-state index in [2.05, 4.69) is 20.8 Å². The van der Waals surface area contributed by atoms with Crippen LogP contribution in [0.25, 0.3) is 0 Å². The van der Waals surface area contributed by atoms with Crippen LogP contribution in [-0.4, -0.2) is 5.38 Å². The molecule has 0 saturated carbocycles. The summed E-state index contributed by atoms with van der Waals surface area (Å²) in [5, 5.41) is 0.418.